The number of anilines is 2. The molecule has 10 aromatic heterocycles. The number of amides is 2. The summed E-state index contributed by atoms with van der Waals surface area (Å²) in [5.41, 5.74) is 15.3. The van der Waals surface area contributed by atoms with Crippen LogP contribution in [0.15, 0.2) is 115 Å². The summed E-state index contributed by atoms with van der Waals surface area (Å²) in [7, 11) is 7.37. The highest BCUT2D eigenvalue weighted by atomic mass is 32.1. The zero-order valence-corrected chi connectivity index (χ0v) is 40.8. The monoisotopic (exact) mass is 984 g/mol. The fourth-order valence-electron chi connectivity index (χ4n) is 8.89. The van der Waals surface area contributed by atoms with E-state index in [1.54, 1.807) is 52.3 Å². The molecule has 0 aliphatic rings. The first-order valence-electron chi connectivity index (χ1n) is 23.1. The topological polar surface area (TPSA) is 249 Å². The average Bonchev–Trinajstić information content (AvgIpc) is 4.24. The smallest absolute Gasteiger partial charge is 0.238 e. The van der Waals surface area contributed by atoms with E-state index >= 15 is 0 Å². The molecule has 0 aliphatic heterocycles. The molecule has 2 amide bonds. The van der Waals surface area contributed by atoms with Gasteiger partial charge in [0.05, 0.1) is 93.5 Å². The molecule has 0 saturated carbocycles. The van der Waals surface area contributed by atoms with Crippen LogP contribution in [0.5, 0.6) is 0 Å². The van der Waals surface area contributed by atoms with Crippen LogP contribution in [-0.2, 0) is 9.59 Å². The second-order valence-corrected chi connectivity index (χ2v) is 19.1. The number of rotatable bonds is 13. The van der Waals surface area contributed by atoms with E-state index in [4.69, 9.17) is 25.0 Å². The molecular formula is C52H44N18O2S. The van der Waals surface area contributed by atoms with Gasteiger partial charge in [-0.3, -0.25) is 29.8 Å². The van der Waals surface area contributed by atoms with E-state index in [2.05, 4.69) is 68.4 Å². The Bertz CT molecular complexity index is 4100. The van der Waals surface area contributed by atoms with Crippen LogP contribution in [0.2, 0.25) is 0 Å². The number of aryl methyl sites for hydroxylation is 1. The predicted octanol–water partition coefficient (Wildman–Crippen LogP) is 8.33. The SMILES string of the molecule is Cc1cn(-c2cccc3[nH]c(-c4n[nH]c5c(-c6cc(-c7cccc8[nH]c(-c9n[nH]c%10ccc(-c%11cncc(NC(=O)CN(C)C)c%11)nc9%10)nc78)cs6)cc(-c6cncc(NC(=O)CN(C)C)c6)nc45)nc23)cn1. The molecule has 0 spiro atoms. The lowest BCUT2D eigenvalue weighted by Gasteiger charge is -2.11. The van der Waals surface area contributed by atoms with Crippen LogP contribution < -0.4 is 10.6 Å². The number of nitrogens with zero attached hydrogens (tertiary/aromatic N) is 12. The van der Waals surface area contributed by atoms with E-state index in [-0.39, 0.29) is 24.9 Å². The lowest BCUT2D eigenvalue weighted by atomic mass is 10.0. The molecular weight excluding hydrogens is 941 g/mol. The highest BCUT2D eigenvalue weighted by Crippen LogP contribution is 2.41. The zero-order chi connectivity index (χ0) is 49.9. The fourth-order valence-corrected chi connectivity index (χ4v) is 9.82. The number of para-hydroxylation sites is 2. The Labute approximate surface area is 419 Å². The third kappa shape index (κ3) is 8.62. The number of aromatic amines is 4. The number of imidazole rings is 3. The van der Waals surface area contributed by atoms with Gasteiger partial charge < -0.3 is 35.0 Å². The molecule has 21 heteroatoms. The Morgan fingerprint density at radius 3 is 1.97 bits per heavy atom. The van der Waals surface area contributed by atoms with E-state index in [0.29, 0.717) is 62.4 Å². The summed E-state index contributed by atoms with van der Waals surface area (Å²) < 4.78 is 1.96. The van der Waals surface area contributed by atoms with Gasteiger partial charge in [0.15, 0.2) is 23.0 Å². The summed E-state index contributed by atoms with van der Waals surface area (Å²) in [5.74, 6) is 0.793. The number of pyridine rings is 4. The molecule has 0 radical (unpaired) electrons. The maximum absolute atomic E-state index is 12.8. The maximum Gasteiger partial charge on any atom is 0.238 e. The molecule has 2 aromatic carbocycles. The molecule has 10 heterocycles. The number of benzene rings is 2. The number of likely N-dealkylation sites (N-methyl/N-ethyl adjacent to an activating group) is 2. The van der Waals surface area contributed by atoms with Gasteiger partial charge in [0.25, 0.3) is 0 Å². The molecule has 0 atom stereocenters. The van der Waals surface area contributed by atoms with Crippen molar-refractivity contribution < 1.29 is 9.59 Å². The number of carbonyl (C=O) groups is 2. The predicted molar refractivity (Wildman–Crippen MR) is 283 cm³/mol. The minimum Gasteiger partial charge on any atom is -0.336 e. The summed E-state index contributed by atoms with van der Waals surface area (Å²) in [6.07, 6.45) is 10.4. The molecule has 12 rings (SSSR count). The van der Waals surface area contributed by atoms with Gasteiger partial charge in [0, 0.05) is 45.7 Å². The quantitative estimate of drug-likeness (QED) is 0.0637. The van der Waals surface area contributed by atoms with Gasteiger partial charge in [-0.1, -0.05) is 18.2 Å². The van der Waals surface area contributed by atoms with E-state index in [9.17, 15) is 9.59 Å². The van der Waals surface area contributed by atoms with Gasteiger partial charge in [-0.2, -0.15) is 10.2 Å². The minimum absolute atomic E-state index is 0.140. The third-order valence-corrected chi connectivity index (χ3v) is 13.1. The number of hydrogen-bond donors (Lipinski definition) is 6. The van der Waals surface area contributed by atoms with Gasteiger partial charge in [-0.15, -0.1) is 11.3 Å². The van der Waals surface area contributed by atoms with Crippen molar-refractivity contribution in [1.82, 2.24) is 79.6 Å². The van der Waals surface area contributed by atoms with Crippen LogP contribution in [0, 0.1) is 6.92 Å². The Morgan fingerprint density at radius 2 is 1.27 bits per heavy atom. The molecule has 360 valence electrons. The minimum atomic E-state index is -0.159. The molecule has 0 unspecified atom stereocenters. The number of aromatic nitrogens is 14. The van der Waals surface area contributed by atoms with Gasteiger partial charge >= 0.3 is 0 Å². The van der Waals surface area contributed by atoms with Crippen LogP contribution in [0.25, 0.3) is 117 Å². The standard InChI is InChI=1S/C52H44N18O2S/c1-27-22-70(26-55-27)40-11-7-10-37-46(40)63-52(61-37)50-48-45(65-67-50)34(17-39(59-48)29-15-32(21-54-19-29)57-43(72)24-69(4)5)41-16-30(25-73-41)33-8-6-9-36-44(33)62-51(60-36)49-47-38(64-66-49)13-12-35(58-47)28-14-31(20-53-18-28)56-42(71)23-68(2)3/h6-22,25-26H,23-24H2,1-5H3,(H,56,71)(H,57,72)(H,60,62)(H,61,63)(H,64,66)(H,65,67). The van der Waals surface area contributed by atoms with E-state index in [0.717, 1.165) is 71.6 Å². The number of carbonyl (C=O) groups excluding carboxylic acids is 2. The van der Waals surface area contributed by atoms with Crippen molar-refractivity contribution in [2.45, 2.75) is 6.92 Å². The normalized spacial score (nSPS) is 11.8. The number of fused-ring (bicyclic) bond motifs is 4. The Morgan fingerprint density at radius 1 is 0.630 bits per heavy atom. The third-order valence-electron chi connectivity index (χ3n) is 12.1. The lowest BCUT2D eigenvalue weighted by molar-refractivity contribution is -0.117. The molecule has 0 bridgehead atoms. The number of hydrogen-bond acceptors (Lipinski definition) is 14. The lowest BCUT2D eigenvalue weighted by Crippen LogP contribution is -2.27. The summed E-state index contributed by atoms with van der Waals surface area (Å²) in [4.78, 5) is 70.6. The van der Waals surface area contributed by atoms with Crippen LogP contribution in [0.3, 0.4) is 0 Å². The first kappa shape index (κ1) is 44.9. The number of thiophene rings is 1. The Hall–Kier alpha value is -9.31. The highest BCUT2D eigenvalue weighted by Gasteiger charge is 2.23. The van der Waals surface area contributed by atoms with Crippen molar-refractivity contribution in [3.8, 4) is 72.8 Å². The van der Waals surface area contributed by atoms with Crippen LogP contribution in [0.1, 0.15) is 5.69 Å². The maximum atomic E-state index is 12.8. The summed E-state index contributed by atoms with van der Waals surface area (Å²) in [5, 5.41) is 23.9. The van der Waals surface area contributed by atoms with Gasteiger partial charge in [0.1, 0.15) is 16.6 Å². The molecule has 73 heavy (non-hydrogen) atoms. The fraction of sp³-hybridized carbons (Fsp3) is 0.135. The van der Waals surface area contributed by atoms with Crippen molar-refractivity contribution >= 4 is 78.7 Å². The van der Waals surface area contributed by atoms with Crippen LogP contribution in [-0.4, -0.2) is 133 Å². The van der Waals surface area contributed by atoms with Crippen molar-refractivity contribution in [2.75, 3.05) is 51.9 Å². The van der Waals surface area contributed by atoms with Crippen LogP contribution >= 0.6 is 11.3 Å². The second kappa shape index (κ2) is 18.1. The first-order chi connectivity index (χ1) is 35.5. The largest absolute Gasteiger partial charge is 0.336 e. The summed E-state index contributed by atoms with van der Waals surface area (Å²) in [6.45, 7) is 2.42. The Kier molecular flexibility index (Phi) is 11.1. The number of nitrogens with one attached hydrogen (secondary N) is 6. The van der Waals surface area contributed by atoms with E-state index < -0.39 is 0 Å². The summed E-state index contributed by atoms with van der Waals surface area (Å²) >= 11 is 1.58. The first-order valence-corrected chi connectivity index (χ1v) is 24.0. The second-order valence-electron chi connectivity index (χ2n) is 18.2. The molecule has 12 aromatic rings. The van der Waals surface area contributed by atoms with Crippen molar-refractivity contribution in [3.05, 3.63) is 121 Å². The average molecular weight is 985 g/mol. The van der Waals surface area contributed by atoms with Crippen molar-refractivity contribution in [2.24, 2.45) is 0 Å². The molecule has 0 saturated heterocycles. The van der Waals surface area contributed by atoms with E-state index in [1.165, 1.54) is 0 Å². The molecule has 6 N–H and O–H groups in total. The van der Waals surface area contributed by atoms with Crippen LogP contribution in [0.4, 0.5) is 11.4 Å². The number of H-pyrrole nitrogens is 4. The van der Waals surface area contributed by atoms with Gasteiger partial charge in [-0.25, -0.2) is 24.9 Å². The Balaban J connectivity index is 0.922. The highest BCUT2D eigenvalue weighted by molar-refractivity contribution is 7.14. The molecule has 0 aliphatic carbocycles. The van der Waals surface area contributed by atoms with Crippen molar-refractivity contribution in [1.29, 1.82) is 0 Å². The van der Waals surface area contributed by atoms with Gasteiger partial charge in [0.2, 0.25) is 11.8 Å². The summed E-state index contributed by atoms with van der Waals surface area (Å²) in [6, 6.07) is 23.7. The van der Waals surface area contributed by atoms with E-state index in [1.807, 2.05) is 107 Å². The molecule has 0 fully saturated rings. The van der Waals surface area contributed by atoms with Gasteiger partial charge in [-0.05, 0) is 101 Å². The molecule has 20 nitrogen and oxygen atoms in total. The van der Waals surface area contributed by atoms with Crippen molar-refractivity contribution in [3.63, 3.8) is 0 Å². The zero-order valence-electron chi connectivity index (χ0n) is 40.0.